The van der Waals surface area contributed by atoms with Crippen molar-refractivity contribution in [2.24, 2.45) is 5.92 Å². The van der Waals surface area contributed by atoms with Crippen molar-refractivity contribution in [1.82, 2.24) is 0 Å². The van der Waals surface area contributed by atoms with Crippen LogP contribution in [0.15, 0.2) is 46.9 Å². The monoisotopic (exact) mass is 435 g/mol. The minimum absolute atomic E-state index is 0.138. The molecule has 3 nitrogen and oxygen atoms in total. The highest BCUT2D eigenvalue weighted by molar-refractivity contribution is 9.10. The molecular formula is C21H23BrClNO2. The molecule has 0 bridgehead atoms. The first kappa shape index (κ1) is 19.2. The molecule has 1 unspecified atom stereocenters. The number of carbonyl (C=O) groups is 1. The molecule has 26 heavy (non-hydrogen) atoms. The molecule has 0 spiro atoms. The van der Waals surface area contributed by atoms with Crippen LogP contribution in [-0.4, -0.2) is 12.1 Å². The average Bonchev–Trinajstić information content (AvgIpc) is 2.61. The molecule has 1 heterocycles. The zero-order valence-electron chi connectivity index (χ0n) is 15.0. The highest BCUT2D eigenvalue weighted by Gasteiger charge is 2.33. The van der Waals surface area contributed by atoms with Crippen LogP contribution in [0, 0.1) is 5.92 Å². The minimum atomic E-state index is -0.297. The maximum atomic E-state index is 13.0. The van der Waals surface area contributed by atoms with Crippen molar-refractivity contribution in [1.29, 1.82) is 0 Å². The molecule has 1 aliphatic rings. The summed E-state index contributed by atoms with van der Waals surface area (Å²) in [5.74, 6) is 0.502. The van der Waals surface area contributed by atoms with Gasteiger partial charge in [-0.15, -0.1) is 0 Å². The van der Waals surface area contributed by atoms with Gasteiger partial charge in [0.1, 0.15) is 6.61 Å². The van der Waals surface area contributed by atoms with Gasteiger partial charge in [0.15, 0.2) is 0 Å². The summed E-state index contributed by atoms with van der Waals surface area (Å²) in [6.07, 6.45) is 2.49. The van der Waals surface area contributed by atoms with E-state index < -0.39 is 0 Å². The van der Waals surface area contributed by atoms with Crippen LogP contribution in [0.2, 0.25) is 5.02 Å². The molecule has 0 radical (unpaired) electrons. The normalized spacial score (nSPS) is 16.5. The molecule has 1 atom stereocenters. The van der Waals surface area contributed by atoms with Crippen LogP contribution in [0.25, 0.3) is 0 Å². The molecular weight excluding hydrogens is 414 g/mol. The molecule has 1 amide bonds. The predicted molar refractivity (Wildman–Crippen MR) is 110 cm³/mol. The van der Waals surface area contributed by atoms with Gasteiger partial charge < -0.3 is 4.74 Å². The second kappa shape index (κ2) is 8.45. The first-order chi connectivity index (χ1) is 12.5. The number of nitrogens with zero attached hydrogens (tertiary/aromatic N) is 1. The van der Waals surface area contributed by atoms with E-state index in [1.54, 1.807) is 0 Å². The Morgan fingerprint density at radius 3 is 2.73 bits per heavy atom. The summed E-state index contributed by atoms with van der Waals surface area (Å²) in [5.41, 5.74) is 2.97. The van der Waals surface area contributed by atoms with Gasteiger partial charge in [0, 0.05) is 10.5 Å². The molecule has 138 valence electrons. The smallest absolute Gasteiger partial charge is 0.414 e. The first-order valence-corrected chi connectivity index (χ1v) is 10.1. The summed E-state index contributed by atoms with van der Waals surface area (Å²) in [6, 6.07) is 13.8. The number of hydrogen-bond acceptors (Lipinski definition) is 2. The summed E-state index contributed by atoms with van der Waals surface area (Å²) < 4.78 is 6.44. The zero-order valence-corrected chi connectivity index (χ0v) is 17.4. The zero-order chi connectivity index (χ0) is 18.7. The second-order valence-corrected chi connectivity index (χ2v) is 8.39. The van der Waals surface area contributed by atoms with E-state index in [0.717, 1.165) is 40.5 Å². The predicted octanol–water partition coefficient (Wildman–Crippen LogP) is 6.61. The highest BCUT2D eigenvalue weighted by atomic mass is 79.9. The van der Waals surface area contributed by atoms with E-state index in [2.05, 4.69) is 29.8 Å². The SMILES string of the molecule is CC(C)CC1CCc2cc(Cl)c(Br)cc2N1C(=O)OCc1ccccc1. The Morgan fingerprint density at radius 1 is 1.31 bits per heavy atom. The van der Waals surface area contributed by atoms with Crippen molar-refractivity contribution in [2.45, 2.75) is 45.8 Å². The molecule has 5 heteroatoms. The summed E-state index contributed by atoms with van der Waals surface area (Å²) >= 11 is 9.74. The van der Waals surface area contributed by atoms with Crippen LogP contribution in [0.4, 0.5) is 10.5 Å². The Labute approximate surface area is 168 Å². The van der Waals surface area contributed by atoms with Crippen molar-refractivity contribution < 1.29 is 9.53 Å². The Bertz CT molecular complexity index is 779. The maximum absolute atomic E-state index is 13.0. The van der Waals surface area contributed by atoms with E-state index in [-0.39, 0.29) is 18.7 Å². The van der Waals surface area contributed by atoms with E-state index in [9.17, 15) is 4.79 Å². The van der Waals surface area contributed by atoms with E-state index >= 15 is 0 Å². The Balaban J connectivity index is 1.86. The molecule has 3 rings (SSSR count). The lowest BCUT2D eigenvalue weighted by Crippen LogP contribution is -2.44. The number of ether oxygens (including phenoxy) is 1. The highest BCUT2D eigenvalue weighted by Crippen LogP contribution is 2.38. The number of rotatable bonds is 4. The topological polar surface area (TPSA) is 29.5 Å². The number of anilines is 1. The van der Waals surface area contributed by atoms with Crippen LogP contribution in [0.3, 0.4) is 0 Å². The maximum Gasteiger partial charge on any atom is 0.414 e. The lowest BCUT2D eigenvalue weighted by molar-refractivity contribution is 0.142. The minimum Gasteiger partial charge on any atom is -0.444 e. The Morgan fingerprint density at radius 2 is 2.04 bits per heavy atom. The van der Waals surface area contributed by atoms with Gasteiger partial charge in [-0.2, -0.15) is 0 Å². The number of halogens is 2. The van der Waals surface area contributed by atoms with E-state index in [1.807, 2.05) is 47.4 Å². The average molecular weight is 437 g/mol. The summed E-state index contributed by atoms with van der Waals surface area (Å²) in [7, 11) is 0. The van der Waals surface area contributed by atoms with Gasteiger partial charge in [0.25, 0.3) is 0 Å². The van der Waals surface area contributed by atoms with Crippen molar-refractivity contribution in [3.05, 3.63) is 63.1 Å². The molecule has 0 N–H and O–H groups in total. The molecule has 0 saturated heterocycles. The molecule has 2 aromatic rings. The van der Waals surface area contributed by atoms with Gasteiger partial charge in [-0.1, -0.05) is 55.8 Å². The fourth-order valence-corrected chi connectivity index (χ4v) is 3.97. The van der Waals surface area contributed by atoms with Crippen LogP contribution in [-0.2, 0) is 17.8 Å². The van der Waals surface area contributed by atoms with Crippen molar-refractivity contribution in [2.75, 3.05) is 4.90 Å². The number of amides is 1. The van der Waals surface area contributed by atoms with Crippen LogP contribution >= 0.6 is 27.5 Å². The third-order valence-corrected chi connectivity index (χ3v) is 5.84. The van der Waals surface area contributed by atoms with Gasteiger partial charge >= 0.3 is 6.09 Å². The van der Waals surface area contributed by atoms with E-state index in [0.29, 0.717) is 10.9 Å². The number of carbonyl (C=O) groups excluding carboxylic acids is 1. The molecule has 0 aromatic heterocycles. The standard InChI is InChI=1S/C21H23BrClNO2/c1-14(2)10-17-9-8-16-11-19(23)18(22)12-20(16)24(17)21(25)26-13-15-6-4-3-5-7-15/h3-7,11-12,14,17H,8-10,13H2,1-2H3. The number of benzene rings is 2. The number of hydrogen-bond donors (Lipinski definition) is 0. The lowest BCUT2D eigenvalue weighted by Gasteiger charge is -2.37. The van der Waals surface area contributed by atoms with Gasteiger partial charge in [-0.3, -0.25) is 4.90 Å². The quantitative estimate of drug-likeness (QED) is 0.540. The molecule has 0 aliphatic carbocycles. The molecule has 0 fully saturated rings. The summed E-state index contributed by atoms with van der Waals surface area (Å²) in [5, 5.41) is 0.670. The van der Waals surface area contributed by atoms with Gasteiger partial charge in [0.05, 0.1) is 10.7 Å². The van der Waals surface area contributed by atoms with Crippen LogP contribution in [0.1, 0.15) is 37.8 Å². The van der Waals surface area contributed by atoms with Crippen LogP contribution in [0.5, 0.6) is 0 Å². The largest absolute Gasteiger partial charge is 0.444 e. The lowest BCUT2D eigenvalue weighted by atomic mass is 9.91. The van der Waals surface area contributed by atoms with Gasteiger partial charge in [-0.05, 0) is 64.4 Å². The number of aryl methyl sites for hydroxylation is 1. The molecule has 1 aliphatic heterocycles. The molecule has 2 aromatic carbocycles. The summed E-state index contributed by atoms with van der Waals surface area (Å²) in [4.78, 5) is 14.8. The van der Waals surface area contributed by atoms with Crippen LogP contribution < -0.4 is 4.90 Å². The second-order valence-electron chi connectivity index (χ2n) is 7.13. The third kappa shape index (κ3) is 4.41. The fourth-order valence-electron chi connectivity index (χ4n) is 3.45. The Kier molecular flexibility index (Phi) is 6.25. The fraction of sp³-hybridized carbons (Fsp3) is 0.381. The van der Waals surface area contributed by atoms with Gasteiger partial charge in [-0.25, -0.2) is 4.79 Å². The summed E-state index contributed by atoms with van der Waals surface area (Å²) in [6.45, 7) is 4.64. The molecule has 0 saturated carbocycles. The Hall–Kier alpha value is -1.52. The van der Waals surface area contributed by atoms with Crippen molar-refractivity contribution in [3.63, 3.8) is 0 Å². The van der Waals surface area contributed by atoms with Crippen molar-refractivity contribution >= 4 is 39.3 Å². The van der Waals surface area contributed by atoms with E-state index in [1.165, 1.54) is 0 Å². The number of fused-ring (bicyclic) bond motifs is 1. The van der Waals surface area contributed by atoms with Crippen molar-refractivity contribution in [3.8, 4) is 0 Å². The van der Waals surface area contributed by atoms with E-state index in [4.69, 9.17) is 16.3 Å². The first-order valence-electron chi connectivity index (χ1n) is 8.93. The van der Waals surface area contributed by atoms with Gasteiger partial charge in [0.2, 0.25) is 0 Å². The third-order valence-electron chi connectivity index (χ3n) is 4.64.